The maximum atomic E-state index is 13.7. The van der Waals surface area contributed by atoms with E-state index in [-0.39, 0.29) is 46.2 Å². The van der Waals surface area contributed by atoms with Gasteiger partial charge >= 0.3 is 5.97 Å². The molecule has 220 valence electrons. The van der Waals surface area contributed by atoms with Gasteiger partial charge in [0.25, 0.3) is 10.1 Å². The highest BCUT2D eigenvalue weighted by Crippen LogP contribution is 2.65. The quantitative estimate of drug-likeness (QED) is 0.191. The Bertz CT molecular complexity index is 1280. The minimum absolute atomic E-state index is 0.0728. The molecule has 1 aromatic rings. The summed E-state index contributed by atoms with van der Waals surface area (Å²) >= 11 is 0. The molecular formula is C33H46O6S. The van der Waals surface area contributed by atoms with Crippen LogP contribution >= 0.6 is 0 Å². The maximum Gasteiger partial charge on any atom is 0.302 e. The first kappa shape index (κ1) is 29.5. The Hall–Kier alpha value is -1.99. The summed E-state index contributed by atoms with van der Waals surface area (Å²) in [5, 5.41) is 0. The summed E-state index contributed by atoms with van der Waals surface area (Å²) in [5.41, 5.74) is 3.20. The molecule has 1 unspecified atom stereocenters. The van der Waals surface area contributed by atoms with Crippen molar-refractivity contribution in [1.29, 1.82) is 0 Å². The highest BCUT2D eigenvalue weighted by Gasteiger charge is 2.60. The number of aryl methyl sites for hydroxylation is 1. The predicted molar refractivity (Wildman–Crippen MR) is 154 cm³/mol. The number of esters is 1. The van der Waals surface area contributed by atoms with Gasteiger partial charge in [-0.3, -0.25) is 13.8 Å². The summed E-state index contributed by atoms with van der Waals surface area (Å²) in [5.74, 6) is 1.47. The molecule has 3 saturated carbocycles. The van der Waals surface area contributed by atoms with Gasteiger partial charge in [0.05, 0.1) is 11.5 Å². The zero-order valence-electron chi connectivity index (χ0n) is 24.8. The smallest absolute Gasteiger partial charge is 0.302 e. The van der Waals surface area contributed by atoms with Gasteiger partial charge in [0.1, 0.15) is 6.10 Å². The third-order valence-electron chi connectivity index (χ3n) is 11.2. The van der Waals surface area contributed by atoms with E-state index in [1.54, 1.807) is 24.3 Å². The van der Waals surface area contributed by atoms with E-state index in [9.17, 15) is 18.0 Å². The van der Waals surface area contributed by atoms with E-state index < -0.39 is 10.1 Å². The van der Waals surface area contributed by atoms with Gasteiger partial charge in [0.15, 0.2) is 5.78 Å². The number of allylic oxidation sites excluding steroid dienone is 2. The molecule has 7 heteroatoms. The van der Waals surface area contributed by atoms with Crippen molar-refractivity contribution in [3.05, 3.63) is 41.0 Å². The van der Waals surface area contributed by atoms with Crippen molar-refractivity contribution in [1.82, 2.24) is 0 Å². The van der Waals surface area contributed by atoms with Gasteiger partial charge in [-0.1, -0.05) is 44.0 Å². The molecule has 7 atom stereocenters. The van der Waals surface area contributed by atoms with Gasteiger partial charge in [-0.15, -0.1) is 0 Å². The van der Waals surface area contributed by atoms with Crippen LogP contribution in [0.2, 0.25) is 0 Å². The number of ether oxygens (including phenoxy) is 1. The highest BCUT2D eigenvalue weighted by molar-refractivity contribution is 7.86. The van der Waals surface area contributed by atoms with E-state index in [0.717, 1.165) is 56.1 Å². The SMILES string of the molecule is CC(=O)OC1CCC[C@@H]2CCC3=C4C(=O)C[C@H]([C@H](C)CCCOS(=O)(=O)c5ccc(C)cc5)[C@@]4(C)CC[C@@H]3[C@@]12C. The van der Waals surface area contributed by atoms with Crippen LogP contribution in [0.5, 0.6) is 0 Å². The third kappa shape index (κ3) is 5.10. The van der Waals surface area contributed by atoms with Gasteiger partial charge in [0, 0.05) is 24.3 Å². The van der Waals surface area contributed by atoms with Gasteiger partial charge in [-0.05, 0) is 106 Å². The van der Waals surface area contributed by atoms with Gasteiger partial charge in [-0.2, -0.15) is 8.42 Å². The second-order valence-corrected chi connectivity index (χ2v) is 15.1. The number of benzene rings is 1. The van der Waals surface area contributed by atoms with E-state index in [1.165, 1.54) is 18.9 Å². The molecular weight excluding hydrogens is 524 g/mol. The molecule has 0 heterocycles. The molecule has 0 spiro atoms. The van der Waals surface area contributed by atoms with Crippen molar-refractivity contribution in [3.63, 3.8) is 0 Å². The van der Waals surface area contributed by atoms with Crippen LogP contribution in [0.4, 0.5) is 0 Å². The summed E-state index contributed by atoms with van der Waals surface area (Å²) in [6.45, 7) is 10.4. The molecule has 0 aliphatic heterocycles. The Morgan fingerprint density at radius 2 is 1.82 bits per heavy atom. The largest absolute Gasteiger partial charge is 0.462 e. The van der Waals surface area contributed by atoms with E-state index in [0.29, 0.717) is 30.5 Å². The lowest BCUT2D eigenvalue weighted by Gasteiger charge is -2.58. The van der Waals surface area contributed by atoms with Crippen LogP contribution in [0.3, 0.4) is 0 Å². The molecule has 0 radical (unpaired) electrons. The van der Waals surface area contributed by atoms with Crippen molar-refractivity contribution in [2.45, 2.75) is 110 Å². The van der Waals surface area contributed by atoms with Crippen molar-refractivity contribution in [2.75, 3.05) is 6.61 Å². The number of fused-ring (bicyclic) bond motifs is 4. The average Bonchev–Trinajstić information content (AvgIpc) is 3.17. The zero-order valence-corrected chi connectivity index (χ0v) is 25.6. The molecule has 5 rings (SSSR count). The average molecular weight is 571 g/mol. The summed E-state index contributed by atoms with van der Waals surface area (Å²) < 4.78 is 36.4. The molecule has 4 aliphatic carbocycles. The lowest BCUT2D eigenvalue weighted by molar-refractivity contribution is -0.168. The minimum Gasteiger partial charge on any atom is -0.462 e. The Balaban J connectivity index is 1.29. The summed E-state index contributed by atoms with van der Waals surface area (Å²) in [6.07, 6.45) is 9.21. The van der Waals surface area contributed by atoms with Gasteiger partial charge < -0.3 is 4.74 Å². The lowest BCUT2D eigenvalue weighted by Crippen LogP contribution is -2.54. The summed E-state index contributed by atoms with van der Waals surface area (Å²) in [4.78, 5) is 25.9. The Morgan fingerprint density at radius 3 is 2.52 bits per heavy atom. The maximum absolute atomic E-state index is 13.7. The number of ketones is 1. The molecule has 40 heavy (non-hydrogen) atoms. The van der Waals surface area contributed by atoms with Crippen LogP contribution in [-0.2, 0) is 28.6 Å². The standard InChI is InChI=1S/C33H46O6S/c1-21-11-14-25(15-12-21)40(36,37)38-19-7-8-22(2)28-20-29(35)31-26-16-13-24-9-6-10-30(39-23(3)34)33(24,5)27(26)17-18-32(28,31)4/h11-12,14-15,22,24,27-28,30H,6-10,13,16-20H2,1-5H3/t22-,24-,27+,28-,30?,32-,33+/m1/s1. The number of carbonyl (C=O) groups excluding carboxylic acids is 2. The molecule has 0 aromatic heterocycles. The van der Waals surface area contributed by atoms with Crippen LogP contribution in [0.1, 0.15) is 97.5 Å². The Labute approximate surface area is 240 Å². The van der Waals surface area contributed by atoms with Crippen LogP contribution in [-0.4, -0.2) is 32.9 Å². The first-order valence-corrected chi connectivity index (χ1v) is 16.7. The third-order valence-corrected chi connectivity index (χ3v) is 12.5. The monoisotopic (exact) mass is 570 g/mol. The summed E-state index contributed by atoms with van der Waals surface area (Å²) in [7, 11) is -3.77. The van der Waals surface area contributed by atoms with Crippen LogP contribution in [0.25, 0.3) is 0 Å². The Kier molecular flexibility index (Phi) is 8.12. The van der Waals surface area contributed by atoms with Gasteiger partial charge in [0.2, 0.25) is 0 Å². The second kappa shape index (κ2) is 11.0. The zero-order chi connectivity index (χ0) is 28.9. The van der Waals surface area contributed by atoms with Crippen LogP contribution in [0.15, 0.2) is 40.3 Å². The lowest BCUT2D eigenvalue weighted by atomic mass is 9.48. The second-order valence-electron chi connectivity index (χ2n) is 13.5. The van der Waals surface area contributed by atoms with E-state index in [2.05, 4.69) is 20.8 Å². The number of hydrogen-bond donors (Lipinski definition) is 0. The number of hydrogen-bond acceptors (Lipinski definition) is 6. The molecule has 6 nitrogen and oxygen atoms in total. The number of rotatable bonds is 8. The fraction of sp³-hybridized carbons (Fsp3) is 0.697. The molecule has 1 aromatic carbocycles. The van der Waals surface area contributed by atoms with Crippen molar-refractivity contribution in [2.24, 2.45) is 34.5 Å². The van der Waals surface area contributed by atoms with Crippen molar-refractivity contribution >= 4 is 21.9 Å². The molecule has 0 bridgehead atoms. The van der Waals surface area contributed by atoms with Crippen molar-refractivity contribution in [3.8, 4) is 0 Å². The topological polar surface area (TPSA) is 86.7 Å². The Morgan fingerprint density at radius 1 is 1.10 bits per heavy atom. The minimum atomic E-state index is -3.77. The predicted octanol–water partition coefficient (Wildman–Crippen LogP) is 6.95. The fourth-order valence-corrected chi connectivity index (χ4v) is 10.1. The highest BCUT2D eigenvalue weighted by atomic mass is 32.2. The molecule has 4 aliphatic rings. The molecule has 0 saturated heterocycles. The first-order valence-electron chi connectivity index (χ1n) is 15.3. The van der Waals surface area contributed by atoms with Crippen LogP contribution < -0.4 is 0 Å². The molecule has 3 fully saturated rings. The fourth-order valence-electron chi connectivity index (χ4n) is 9.16. The number of carbonyl (C=O) groups is 2. The first-order chi connectivity index (χ1) is 18.9. The summed E-state index contributed by atoms with van der Waals surface area (Å²) in [6, 6.07) is 6.71. The molecule has 0 N–H and O–H groups in total. The van der Waals surface area contributed by atoms with E-state index in [4.69, 9.17) is 8.92 Å². The van der Waals surface area contributed by atoms with Crippen LogP contribution in [0, 0.1) is 41.4 Å². The van der Waals surface area contributed by atoms with Gasteiger partial charge in [-0.25, -0.2) is 0 Å². The number of Topliss-reactive ketones (excluding diaryl/α,β-unsaturated/α-hetero) is 1. The normalized spacial score (nSPS) is 34.6. The molecule has 0 amide bonds. The van der Waals surface area contributed by atoms with E-state index >= 15 is 0 Å². The van der Waals surface area contributed by atoms with Crippen molar-refractivity contribution < 1.29 is 26.9 Å². The van der Waals surface area contributed by atoms with E-state index in [1.807, 2.05) is 6.92 Å².